The fourth-order valence-electron chi connectivity index (χ4n) is 8.07. The van der Waals surface area contributed by atoms with Crippen molar-refractivity contribution in [2.45, 2.75) is 98.4 Å². The van der Waals surface area contributed by atoms with Gasteiger partial charge in [-0.05, 0) is 86.8 Å². The van der Waals surface area contributed by atoms with E-state index in [1.165, 1.54) is 4.90 Å². The number of carboxylic acid groups (broad SMARTS) is 1. The number of halogens is 8. The Morgan fingerprint density at radius 3 is 2.04 bits per heavy atom. The predicted molar refractivity (Wildman–Crippen MR) is 152 cm³/mol. The summed E-state index contributed by atoms with van der Waals surface area (Å²) in [4.78, 5) is 27.1. The molecule has 0 aromatic heterocycles. The summed E-state index contributed by atoms with van der Waals surface area (Å²) in [5.41, 5.74) is -8.85. The van der Waals surface area contributed by atoms with Crippen LogP contribution in [0.5, 0.6) is 0 Å². The van der Waals surface area contributed by atoms with Gasteiger partial charge in [-0.1, -0.05) is 31.5 Å². The molecule has 2 aliphatic carbocycles. The lowest BCUT2D eigenvalue weighted by Gasteiger charge is -2.46. The van der Waals surface area contributed by atoms with Crippen LogP contribution in [0.25, 0.3) is 0 Å². The SMILES string of the molecule is CCC[C@]1(C(=O)N2CC[C@@]3(S(=O)(=O)c4ccc(F)cc4)c4ccc(C(F)(C(F)(F)F)C(F)(F)F)cc4CC[C@@H]23)CC[C@H](C(=O)O)CC1. The standard InChI is InChI=1S/C32H33F8NO5S/c1-2-13-28(14-11-19(12-15-28)26(42)43)27(44)41-17-16-29(47(45,46)23-7-5-22(33)6-8-23)24-9-4-21(18-20(24)3-10-25(29)41)30(34,31(35,36)37)32(38,39)40/h4-9,18-19,25H,2-3,10-17H2,1H3,(H,42,43)/t19-,25-,28-,29-/m1/s1. The number of nitrogens with zero attached hydrogens (tertiary/aromatic N) is 1. The van der Waals surface area contributed by atoms with Crippen molar-refractivity contribution >= 4 is 21.7 Å². The number of alkyl halides is 7. The highest BCUT2D eigenvalue weighted by atomic mass is 32.2. The van der Waals surface area contributed by atoms with E-state index in [1.54, 1.807) is 0 Å². The molecular formula is C32H33F8NO5S. The average molecular weight is 696 g/mol. The van der Waals surface area contributed by atoms with Crippen molar-refractivity contribution in [3.63, 3.8) is 0 Å². The number of hydrogen-bond acceptors (Lipinski definition) is 4. The molecule has 3 aliphatic rings. The van der Waals surface area contributed by atoms with Gasteiger partial charge in [0.2, 0.25) is 5.91 Å². The second kappa shape index (κ2) is 11.7. The van der Waals surface area contributed by atoms with Gasteiger partial charge in [-0.3, -0.25) is 9.59 Å². The number of rotatable bonds is 7. The quantitative estimate of drug-likeness (QED) is 0.241. The highest BCUT2D eigenvalue weighted by Crippen LogP contribution is 2.57. The van der Waals surface area contributed by atoms with Gasteiger partial charge in [-0.25, -0.2) is 17.2 Å². The van der Waals surface area contributed by atoms with E-state index in [4.69, 9.17) is 0 Å². The van der Waals surface area contributed by atoms with Crippen LogP contribution in [0.3, 0.4) is 0 Å². The van der Waals surface area contributed by atoms with Gasteiger partial charge in [-0.15, -0.1) is 0 Å². The molecular weight excluding hydrogens is 662 g/mol. The smallest absolute Gasteiger partial charge is 0.435 e. The molecule has 1 N–H and O–H groups in total. The topological polar surface area (TPSA) is 91.8 Å². The third-order valence-electron chi connectivity index (χ3n) is 10.4. The molecule has 1 heterocycles. The summed E-state index contributed by atoms with van der Waals surface area (Å²) in [6, 6.07) is 4.14. The van der Waals surface area contributed by atoms with Crippen LogP contribution < -0.4 is 0 Å². The molecule has 0 bridgehead atoms. The Kier molecular flexibility index (Phi) is 8.75. The number of fused-ring (bicyclic) bond motifs is 3. The number of carboxylic acids is 1. The number of hydrogen-bond donors (Lipinski definition) is 1. The fourth-order valence-corrected chi connectivity index (χ4v) is 10.4. The molecule has 1 saturated heterocycles. The highest BCUT2D eigenvalue weighted by molar-refractivity contribution is 7.92. The van der Waals surface area contributed by atoms with Crippen LogP contribution in [-0.2, 0) is 36.3 Å². The maximum Gasteiger partial charge on any atom is 0.435 e. The Morgan fingerprint density at radius 1 is 0.915 bits per heavy atom. The van der Waals surface area contributed by atoms with E-state index in [-0.39, 0.29) is 73.4 Å². The number of amides is 1. The number of aryl methyl sites for hydroxylation is 1. The molecule has 2 aromatic carbocycles. The van der Waals surface area contributed by atoms with E-state index in [1.807, 2.05) is 6.92 Å². The fraction of sp³-hybridized carbons (Fsp3) is 0.562. The van der Waals surface area contributed by atoms with E-state index in [0.717, 1.165) is 30.3 Å². The molecule has 1 aliphatic heterocycles. The number of benzene rings is 2. The van der Waals surface area contributed by atoms with Gasteiger partial charge in [0, 0.05) is 17.5 Å². The Balaban J connectivity index is 1.66. The first-order chi connectivity index (χ1) is 21.8. The molecule has 0 radical (unpaired) electrons. The molecule has 5 rings (SSSR count). The lowest BCUT2D eigenvalue weighted by molar-refractivity contribution is -0.348. The molecule has 258 valence electrons. The van der Waals surface area contributed by atoms with Crippen LogP contribution in [0.15, 0.2) is 47.4 Å². The number of likely N-dealkylation sites (tertiary alicyclic amines) is 1. The minimum Gasteiger partial charge on any atom is -0.481 e. The van der Waals surface area contributed by atoms with E-state index >= 15 is 4.39 Å². The second-order valence-electron chi connectivity index (χ2n) is 12.8. The molecule has 6 nitrogen and oxygen atoms in total. The minimum atomic E-state index is -6.38. The summed E-state index contributed by atoms with van der Waals surface area (Å²) in [5.74, 6) is -2.77. The summed E-state index contributed by atoms with van der Waals surface area (Å²) in [6.45, 7) is 1.73. The predicted octanol–water partition coefficient (Wildman–Crippen LogP) is 7.39. The minimum absolute atomic E-state index is 0.128. The largest absolute Gasteiger partial charge is 0.481 e. The van der Waals surface area contributed by atoms with Gasteiger partial charge in [0.25, 0.3) is 0 Å². The van der Waals surface area contributed by atoms with Crippen molar-refractivity contribution in [3.8, 4) is 0 Å². The van der Waals surface area contributed by atoms with Crippen molar-refractivity contribution in [3.05, 3.63) is 65.0 Å². The normalized spacial score (nSPS) is 26.9. The number of carbonyl (C=O) groups is 2. The van der Waals surface area contributed by atoms with Crippen LogP contribution in [-0.4, -0.2) is 55.2 Å². The number of carbonyl (C=O) groups excluding carboxylic acids is 1. The third-order valence-corrected chi connectivity index (χ3v) is 13.0. The van der Waals surface area contributed by atoms with Gasteiger partial charge in [0.1, 0.15) is 10.6 Å². The van der Waals surface area contributed by atoms with Crippen LogP contribution in [0.1, 0.15) is 75.0 Å². The number of sulfone groups is 1. The zero-order chi connectivity index (χ0) is 34.8. The lowest BCUT2D eigenvalue weighted by atomic mass is 9.67. The van der Waals surface area contributed by atoms with Crippen molar-refractivity contribution in [2.24, 2.45) is 11.3 Å². The van der Waals surface area contributed by atoms with Gasteiger partial charge in [0.15, 0.2) is 9.84 Å². The van der Waals surface area contributed by atoms with E-state index in [9.17, 15) is 53.8 Å². The summed E-state index contributed by atoms with van der Waals surface area (Å²) in [5, 5.41) is 9.51. The monoisotopic (exact) mass is 695 g/mol. The second-order valence-corrected chi connectivity index (χ2v) is 15.0. The average Bonchev–Trinajstić information content (AvgIpc) is 3.41. The van der Waals surface area contributed by atoms with Gasteiger partial charge in [0.05, 0.1) is 16.9 Å². The van der Waals surface area contributed by atoms with Crippen LogP contribution in [0.2, 0.25) is 0 Å². The highest BCUT2D eigenvalue weighted by Gasteiger charge is 2.74. The molecule has 15 heteroatoms. The van der Waals surface area contributed by atoms with E-state index < -0.39 is 67.3 Å². The Hall–Kier alpha value is -3.23. The lowest BCUT2D eigenvalue weighted by Crippen LogP contribution is -2.55. The molecule has 1 saturated carbocycles. The first-order valence-electron chi connectivity index (χ1n) is 15.3. The van der Waals surface area contributed by atoms with E-state index in [0.29, 0.717) is 25.0 Å². The van der Waals surface area contributed by atoms with Crippen molar-refractivity contribution < 1.29 is 58.2 Å². The summed E-state index contributed by atoms with van der Waals surface area (Å²) in [6.07, 6.45) is -11.6. The Labute approximate surface area is 266 Å². The van der Waals surface area contributed by atoms with Crippen molar-refractivity contribution in [1.82, 2.24) is 4.90 Å². The molecule has 2 fully saturated rings. The van der Waals surface area contributed by atoms with Gasteiger partial charge < -0.3 is 10.0 Å². The van der Waals surface area contributed by atoms with Crippen LogP contribution >= 0.6 is 0 Å². The molecule has 0 unspecified atom stereocenters. The Bertz CT molecular complexity index is 1630. The van der Waals surface area contributed by atoms with Crippen molar-refractivity contribution in [1.29, 1.82) is 0 Å². The van der Waals surface area contributed by atoms with Crippen LogP contribution in [0.4, 0.5) is 35.1 Å². The van der Waals surface area contributed by atoms with Gasteiger partial charge in [-0.2, -0.15) is 26.3 Å². The maximum absolute atomic E-state index is 15.1. The zero-order valence-electron chi connectivity index (χ0n) is 25.2. The first kappa shape index (κ1) is 35.1. The summed E-state index contributed by atoms with van der Waals surface area (Å²) in [7, 11) is -4.62. The molecule has 2 aromatic rings. The molecule has 1 amide bonds. The maximum atomic E-state index is 15.1. The summed E-state index contributed by atoms with van der Waals surface area (Å²) < 4.78 is 138. The third kappa shape index (κ3) is 5.30. The molecule has 2 atom stereocenters. The molecule has 0 spiro atoms. The Morgan fingerprint density at radius 2 is 1.51 bits per heavy atom. The van der Waals surface area contributed by atoms with Crippen molar-refractivity contribution in [2.75, 3.05) is 6.54 Å². The zero-order valence-corrected chi connectivity index (χ0v) is 26.0. The van der Waals surface area contributed by atoms with Gasteiger partial charge >= 0.3 is 24.0 Å². The summed E-state index contributed by atoms with van der Waals surface area (Å²) >= 11 is 0. The first-order valence-corrected chi connectivity index (χ1v) is 16.8. The number of aliphatic carboxylic acids is 1. The molecule has 47 heavy (non-hydrogen) atoms. The van der Waals surface area contributed by atoms with E-state index in [2.05, 4.69) is 0 Å². The van der Waals surface area contributed by atoms with Crippen LogP contribution in [0, 0.1) is 17.2 Å².